The van der Waals surface area contributed by atoms with Crippen molar-refractivity contribution in [2.45, 2.75) is 20.3 Å². The zero-order chi connectivity index (χ0) is 13.8. The van der Waals surface area contributed by atoms with Crippen molar-refractivity contribution in [3.8, 4) is 0 Å². The molecule has 0 saturated heterocycles. The molecule has 6 heteroatoms. The molecule has 4 nitrogen and oxygen atoms in total. The van der Waals surface area contributed by atoms with Gasteiger partial charge in [0.25, 0.3) is 0 Å². The van der Waals surface area contributed by atoms with Gasteiger partial charge in [-0.25, -0.2) is 12.7 Å². The Morgan fingerprint density at radius 1 is 1.44 bits per heavy atom. The summed E-state index contributed by atoms with van der Waals surface area (Å²) in [5, 5.41) is 1.96. The number of sulfonamides is 1. The summed E-state index contributed by atoms with van der Waals surface area (Å²) >= 11 is 1.59. The zero-order valence-corrected chi connectivity index (χ0v) is 12.9. The van der Waals surface area contributed by atoms with Crippen molar-refractivity contribution in [1.29, 1.82) is 0 Å². The quantitative estimate of drug-likeness (QED) is 0.828. The van der Waals surface area contributed by atoms with Gasteiger partial charge in [-0.15, -0.1) is 11.3 Å². The van der Waals surface area contributed by atoms with Crippen molar-refractivity contribution in [3.05, 3.63) is 22.4 Å². The summed E-state index contributed by atoms with van der Waals surface area (Å²) in [6.07, 6.45) is 0.577. The van der Waals surface area contributed by atoms with Crippen molar-refractivity contribution in [2.75, 3.05) is 25.9 Å². The van der Waals surface area contributed by atoms with Crippen molar-refractivity contribution in [2.24, 2.45) is 11.1 Å². The highest BCUT2D eigenvalue weighted by Crippen LogP contribution is 2.17. The van der Waals surface area contributed by atoms with Crippen molar-refractivity contribution < 1.29 is 8.42 Å². The average molecular weight is 290 g/mol. The molecule has 0 atom stereocenters. The lowest BCUT2D eigenvalue weighted by Crippen LogP contribution is -2.40. The minimum absolute atomic E-state index is 0.157. The van der Waals surface area contributed by atoms with Crippen LogP contribution >= 0.6 is 11.3 Å². The van der Waals surface area contributed by atoms with Crippen LogP contribution < -0.4 is 5.73 Å². The highest BCUT2D eigenvalue weighted by atomic mass is 32.2. The Bertz CT molecular complexity index is 452. The molecule has 0 saturated carbocycles. The predicted molar refractivity (Wildman–Crippen MR) is 77.3 cm³/mol. The molecule has 0 bridgehead atoms. The Kier molecular flexibility index (Phi) is 5.33. The van der Waals surface area contributed by atoms with E-state index in [4.69, 9.17) is 5.73 Å². The summed E-state index contributed by atoms with van der Waals surface area (Å²) in [5.41, 5.74) is 5.44. The summed E-state index contributed by atoms with van der Waals surface area (Å²) in [6, 6.07) is 3.90. The van der Waals surface area contributed by atoms with E-state index in [1.807, 2.05) is 31.4 Å². The van der Waals surface area contributed by atoms with Gasteiger partial charge in [-0.2, -0.15) is 0 Å². The fourth-order valence-electron chi connectivity index (χ4n) is 1.61. The largest absolute Gasteiger partial charge is 0.330 e. The smallest absolute Gasteiger partial charge is 0.214 e. The van der Waals surface area contributed by atoms with E-state index in [0.29, 0.717) is 19.5 Å². The number of hydrogen-bond donors (Lipinski definition) is 1. The lowest BCUT2D eigenvalue weighted by molar-refractivity contribution is 0.292. The maximum Gasteiger partial charge on any atom is 0.214 e. The van der Waals surface area contributed by atoms with E-state index in [-0.39, 0.29) is 11.2 Å². The summed E-state index contributed by atoms with van der Waals surface area (Å²) in [4.78, 5) is 1.10. The van der Waals surface area contributed by atoms with E-state index in [0.717, 1.165) is 4.88 Å². The van der Waals surface area contributed by atoms with Gasteiger partial charge >= 0.3 is 0 Å². The summed E-state index contributed by atoms with van der Waals surface area (Å²) < 4.78 is 25.6. The monoisotopic (exact) mass is 290 g/mol. The van der Waals surface area contributed by atoms with Gasteiger partial charge < -0.3 is 5.73 Å². The van der Waals surface area contributed by atoms with Gasteiger partial charge in [-0.3, -0.25) is 0 Å². The molecule has 1 aromatic rings. The number of rotatable bonds is 7. The maximum absolute atomic E-state index is 12.1. The molecule has 2 N–H and O–H groups in total. The summed E-state index contributed by atoms with van der Waals surface area (Å²) in [6.45, 7) is 4.87. The number of nitrogens with two attached hydrogens (primary N) is 1. The molecule has 1 heterocycles. The van der Waals surface area contributed by atoms with Gasteiger partial charge in [-0.05, 0) is 29.8 Å². The van der Waals surface area contributed by atoms with Crippen LogP contribution in [-0.4, -0.2) is 38.6 Å². The van der Waals surface area contributed by atoms with E-state index in [2.05, 4.69) is 0 Å². The molecule has 1 aromatic heterocycles. The highest BCUT2D eigenvalue weighted by molar-refractivity contribution is 7.89. The van der Waals surface area contributed by atoms with E-state index >= 15 is 0 Å². The highest BCUT2D eigenvalue weighted by Gasteiger charge is 2.25. The lowest BCUT2D eigenvalue weighted by Gasteiger charge is -2.28. The van der Waals surface area contributed by atoms with Crippen molar-refractivity contribution >= 4 is 21.4 Å². The summed E-state index contributed by atoms with van der Waals surface area (Å²) in [7, 11) is -1.57. The first-order chi connectivity index (χ1) is 8.27. The number of aryl methyl sites for hydroxylation is 1. The van der Waals surface area contributed by atoms with Crippen LogP contribution in [-0.2, 0) is 16.4 Å². The molecule has 0 aliphatic heterocycles. The van der Waals surface area contributed by atoms with Crippen molar-refractivity contribution in [3.63, 3.8) is 0 Å². The SMILES string of the molecule is CN(CC(C)(C)CN)S(=O)(=O)CCc1cccs1. The molecule has 0 amide bonds. The molecule has 104 valence electrons. The minimum Gasteiger partial charge on any atom is -0.330 e. The molecular weight excluding hydrogens is 268 g/mol. The second-order valence-corrected chi connectivity index (χ2v) is 8.50. The fourth-order valence-corrected chi connectivity index (χ4v) is 3.78. The Morgan fingerprint density at radius 3 is 2.61 bits per heavy atom. The molecule has 0 unspecified atom stereocenters. The van der Waals surface area contributed by atoms with E-state index < -0.39 is 10.0 Å². The number of thiophene rings is 1. The predicted octanol–water partition coefficient (Wildman–Crippen LogP) is 1.54. The Labute approximate surface area is 114 Å². The normalized spacial score (nSPS) is 13.2. The number of hydrogen-bond acceptors (Lipinski definition) is 4. The molecule has 0 aliphatic carbocycles. The van der Waals surface area contributed by atoms with Gasteiger partial charge in [0.05, 0.1) is 5.75 Å². The van der Waals surface area contributed by atoms with E-state index in [1.165, 1.54) is 4.31 Å². The van der Waals surface area contributed by atoms with Crippen LogP contribution in [0.15, 0.2) is 17.5 Å². The van der Waals surface area contributed by atoms with Crippen LogP contribution in [0.25, 0.3) is 0 Å². The first kappa shape index (κ1) is 15.6. The molecule has 1 rings (SSSR count). The van der Waals surface area contributed by atoms with Gasteiger partial charge in [0.2, 0.25) is 10.0 Å². The Hall–Kier alpha value is -0.430. The van der Waals surface area contributed by atoms with Crippen LogP contribution in [0.4, 0.5) is 0 Å². The Balaban J connectivity index is 2.57. The van der Waals surface area contributed by atoms with Gasteiger partial charge in [0.15, 0.2) is 0 Å². The first-order valence-corrected chi connectivity index (χ1v) is 8.42. The number of nitrogens with zero attached hydrogens (tertiary/aromatic N) is 1. The third-order valence-corrected chi connectivity index (χ3v) is 5.60. The maximum atomic E-state index is 12.1. The van der Waals surface area contributed by atoms with Crippen LogP contribution in [0, 0.1) is 5.41 Å². The fraction of sp³-hybridized carbons (Fsp3) is 0.667. The first-order valence-electron chi connectivity index (χ1n) is 5.93. The second kappa shape index (κ2) is 6.14. The van der Waals surface area contributed by atoms with Crippen LogP contribution in [0.3, 0.4) is 0 Å². The van der Waals surface area contributed by atoms with Crippen LogP contribution in [0.1, 0.15) is 18.7 Å². The molecule has 0 fully saturated rings. The third-order valence-electron chi connectivity index (χ3n) is 2.86. The molecular formula is C12H22N2O2S2. The average Bonchev–Trinajstić information content (AvgIpc) is 2.79. The van der Waals surface area contributed by atoms with Gasteiger partial charge in [0.1, 0.15) is 0 Å². The molecule has 0 aromatic carbocycles. The minimum atomic E-state index is -3.20. The molecule has 0 spiro atoms. The molecule has 0 radical (unpaired) electrons. The van der Waals surface area contributed by atoms with Gasteiger partial charge in [-0.1, -0.05) is 19.9 Å². The molecule has 18 heavy (non-hydrogen) atoms. The van der Waals surface area contributed by atoms with Gasteiger partial charge in [0, 0.05) is 18.5 Å². The Morgan fingerprint density at radius 2 is 2.11 bits per heavy atom. The molecule has 0 aliphatic rings. The lowest BCUT2D eigenvalue weighted by atomic mass is 9.94. The second-order valence-electron chi connectivity index (χ2n) is 5.27. The van der Waals surface area contributed by atoms with Crippen LogP contribution in [0.2, 0.25) is 0 Å². The van der Waals surface area contributed by atoms with E-state index in [9.17, 15) is 8.42 Å². The van der Waals surface area contributed by atoms with Crippen molar-refractivity contribution in [1.82, 2.24) is 4.31 Å². The third kappa shape index (κ3) is 4.68. The standard InChI is InChI=1S/C12H22N2O2S2/c1-12(2,9-13)10-14(3)18(15,16)8-6-11-5-4-7-17-11/h4-5,7H,6,8-10,13H2,1-3H3. The zero-order valence-electron chi connectivity index (χ0n) is 11.2. The summed E-state index contributed by atoms with van der Waals surface area (Å²) in [5.74, 6) is 0.157. The van der Waals surface area contributed by atoms with E-state index in [1.54, 1.807) is 18.4 Å². The topological polar surface area (TPSA) is 63.4 Å². The van der Waals surface area contributed by atoms with Crippen LogP contribution in [0.5, 0.6) is 0 Å².